The molecular weight excluding hydrogens is 174 g/mol. The molecule has 76 valence electrons. The molecule has 14 heavy (non-hydrogen) atoms. The Morgan fingerprint density at radius 2 is 2.14 bits per heavy atom. The van der Waals surface area contributed by atoms with E-state index in [9.17, 15) is 0 Å². The molecule has 0 saturated heterocycles. The topological polar surface area (TPSA) is 21.3 Å². The van der Waals surface area contributed by atoms with Crippen molar-refractivity contribution in [3.05, 3.63) is 23.3 Å². The Hall–Kier alpha value is -1.18. The van der Waals surface area contributed by atoms with E-state index >= 15 is 0 Å². The molecule has 1 aromatic rings. The summed E-state index contributed by atoms with van der Waals surface area (Å²) in [5.74, 6) is 1.03. The molecule has 0 aliphatic carbocycles. The van der Waals surface area contributed by atoms with Gasteiger partial charge in [0.15, 0.2) is 0 Å². The number of fused-ring (bicyclic) bond motifs is 1. The molecule has 0 spiro atoms. The van der Waals surface area contributed by atoms with Crippen LogP contribution in [0.3, 0.4) is 0 Å². The van der Waals surface area contributed by atoms with Gasteiger partial charge in [-0.2, -0.15) is 0 Å². The lowest BCUT2D eigenvalue weighted by atomic mass is 10.1. The molecule has 2 rings (SSSR count). The van der Waals surface area contributed by atoms with E-state index in [0.717, 1.165) is 24.4 Å². The number of anilines is 1. The predicted molar refractivity (Wildman–Crippen MR) is 59.1 cm³/mol. The average molecular weight is 191 g/mol. The minimum absolute atomic E-state index is 0.310. The van der Waals surface area contributed by atoms with E-state index in [1.807, 2.05) is 0 Å². The Balaban J connectivity index is 2.45. The first-order chi connectivity index (χ1) is 6.66. The summed E-state index contributed by atoms with van der Waals surface area (Å²) in [7, 11) is 0. The molecule has 1 aliphatic heterocycles. The molecule has 1 heterocycles. The van der Waals surface area contributed by atoms with Gasteiger partial charge in [-0.05, 0) is 38.0 Å². The van der Waals surface area contributed by atoms with Crippen molar-refractivity contribution < 1.29 is 4.74 Å². The zero-order valence-electron chi connectivity index (χ0n) is 9.05. The second kappa shape index (κ2) is 3.52. The predicted octanol–water partition coefficient (Wildman–Crippen LogP) is 2.89. The van der Waals surface area contributed by atoms with Gasteiger partial charge in [-0.15, -0.1) is 0 Å². The second-order valence-electron chi connectivity index (χ2n) is 4.10. The maximum atomic E-state index is 5.88. The molecule has 1 unspecified atom stereocenters. The highest BCUT2D eigenvalue weighted by Gasteiger charge is 2.15. The van der Waals surface area contributed by atoms with Gasteiger partial charge in [0.05, 0.1) is 11.8 Å². The van der Waals surface area contributed by atoms with E-state index in [1.165, 1.54) is 11.1 Å². The summed E-state index contributed by atoms with van der Waals surface area (Å²) in [6, 6.07) is 4.32. The molecule has 2 heteroatoms. The molecule has 0 saturated carbocycles. The van der Waals surface area contributed by atoms with Gasteiger partial charge in [-0.1, -0.05) is 6.07 Å². The van der Waals surface area contributed by atoms with E-state index in [2.05, 4.69) is 38.2 Å². The minimum Gasteiger partial charge on any atom is -0.488 e. The summed E-state index contributed by atoms with van der Waals surface area (Å²) < 4.78 is 5.88. The SMILES string of the molecule is Cc1cc(C)c2c(c1)NCCC(C)O2. The van der Waals surface area contributed by atoms with Crippen molar-refractivity contribution in [1.82, 2.24) is 0 Å². The largest absolute Gasteiger partial charge is 0.488 e. The van der Waals surface area contributed by atoms with E-state index in [4.69, 9.17) is 4.74 Å². The highest BCUT2D eigenvalue weighted by molar-refractivity contribution is 5.62. The van der Waals surface area contributed by atoms with Gasteiger partial charge in [0.25, 0.3) is 0 Å². The molecular formula is C12H17NO. The van der Waals surface area contributed by atoms with Crippen LogP contribution in [0.1, 0.15) is 24.5 Å². The Bertz CT molecular complexity index is 346. The summed E-state index contributed by atoms with van der Waals surface area (Å²) in [5, 5.41) is 3.41. The molecule has 1 N–H and O–H groups in total. The third-order valence-corrected chi connectivity index (χ3v) is 2.60. The van der Waals surface area contributed by atoms with E-state index in [-0.39, 0.29) is 0 Å². The molecule has 1 aromatic carbocycles. The summed E-state index contributed by atoms with van der Waals surface area (Å²) in [6.45, 7) is 7.34. The summed E-state index contributed by atoms with van der Waals surface area (Å²) in [5.41, 5.74) is 3.65. The monoisotopic (exact) mass is 191 g/mol. The maximum absolute atomic E-state index is 5.88. The van der Waals surface area contributed by atoms with Crippen LogP contribution in [-0.2, 0) is 0 Å². The number of benzene rings is 1. The first kappa shape index (κ1) is 9.38. The fourth-order valence-corrected chi connectivity index (χ4v) is 1.91. The molecule has 0 radical (unpaired) electrons. The van der Waals surface area contributed by atoms with Gasteiger partial charge in [0.2, 0.25) is 0 Å². The van der Waals surface area contributed by atoms with Crippen molar-refractivity contribution in [3.8, 4) is 5.75 Å². The Labute approximate surface area is 85.3 Å². The van der Waals surface area contributed by atoms with Gasteiger partial charge in [0, 0.05) is 13.0 Å². The maximum Gasteiger partial charge on any atom is 0.145 e. The van der Waals surface area contributed by atoms with Gasteiger partial charge in [-0.3, -0.25) is 0 Å². The molecule has 0 amide bonds. The normalized spacial score (nSPS) is 20.4. The quantitative estimate of drug-likeness (QED) is 0.680. The third kappa shape index (κ3) is 1.69. The Morgan fingerprint density at radius 3 is 2.93 bits per heavy atom. The zero-order valence-corrected chi connectivity index (χ0v) is 9.05. The molecule has 0 bridgehead atoms. The van der Waals surface area contributed by atoms with Crippen LogP contribution in [0, 0.1) is 13.8 Å². The Morgan fingerprint density at radius 1 is 1.36 bits per heavy atom. The van der Waals surface area contributed by atoms with Crippen molar-refractivity contribution in [3.63, 3.8) is 0 Å². The van der Waals surface area contributed by atoms with Crippen LogP contribution in [0.15, 0.2) is 12.1 Å². The smallest absolute Gasteiger partial charge is 0.145 e. The number of ether oxygens (including phenoxy) is 1. The van der Waals surface area contributed by atoms with Crippen molar-refractivity contribution in [2.75, 3.05) is 11.9 Å². The molecule has 0 fully saturated rings. The fourth-order valence-electron chi connectivity index (χ4n) is 1.91. The summed E-state index contributed by atoms with van der Waals surface area (Å²) in [6.07, 6.45) is 1.37. The highest BCUT2D eigenvalue weighted by Crippen LogP contribution is 2.33. The highest BCUT2D eigenvalue weighted by atomic mass is 16.5. The lowest BCUT2D eigenvalue weighted by Crippen LogP contribution is -2.12. The van der Waals surface area contributed by atoms with Gasteiger partial charge in [-0.25, -0.2) is 0 Å². The molecule has 1 aliphatic rings. The summed E-state index contributed by atoms with van der Waals surface area (Å²) in [4.78, 5) is 0. The second-order valence-corrected chi connectivity index (χ2v) is 4.10. The number of aryl methyl sites for hydroxylation is 2. The van der Waals surface area contributed by atoms with Crippen molar-refractivity contribution in [2.45, 2.75) is 33.3 Å². The van der Waals surface area contributed by atoms with E-state index in [1.54, 1.807) is 0 Å². The molecule has 0 aromatic heterocycles. The summed E-state index contributed by atoms with van der Waals surface area (Å²) >= 11 is 0. The lowest BCUT2D eigenvalue weighted by molar-refractivity contribution is 0.220. The molecule has 1 atom stereocenters. The Kier molecular flexibility index (Phi) is 2.36. The van der Waals surface area contributed by atoms with Gasteiger partial charge >= 0.3 is 0 Å². The van der Waals surface area contributed by atoms with Crippen LogP contribution < -0.4 is 10.1 Å². The first-order valence-corrected chi connectivity index (χ1v) is 5.18. The number of hydrogen-bond acceptors (Lipinski definition) is 2. The van der Waals surface area contributed by atoms with Crippen LogP contribution in [0.4, 0.5) is 5.69 Å². The van der Waals surface area contributed by atoms with Crippen LogP contribution in [0.5, 0.6) is 5.75 Å². The van der Waals surface area contributed by atoms with E-state index < -0.39 is 0 Å². The molecule has 2 nitrogen and oxygen atoms in total. The van der Waals surface area contributed by atoms with Gasteiger partial charge < -0.3 is 10.1 Å². The number of rotatable bonds is 0. The van der Waals surface area contributed by atoms with Crippen LogP contribution >= 0.6 is 0 Å². The lowest BCUT2D eigenvalue weighted by Gasteiger charge is -2.14. The zero-order chi connectivity index (χ0) is 10.1. The van der Waals surface area contributed by atoms with Crippen molar-refractivity contribution in [1.29, 1.82) is 0 Å². The van der Waals surface area contributed by atoms with E-state index in [0.29, 0.717) is 6.10 Å². The number of hydrogen-bond donors (Lipinski definition) is 1. The first-order valence-electron chi connectivity index (χ1n) is 5.18. The third-order valence-electron chi connectivity index (χ3n) is 2.60. The fraction of sp³-hybridized carbons (Fsp3) is 0.500. The standard InChI is InChI=1S/C12H17NO/c1-8-6-9(2)12-11(7-8)13-5-4-10(3)14-12/h6-7,10,13H,4-5H2,1-3H3. The van der Waals surface area contributed by atoms with Crippen LogP contribution in [0.2, 0.25) is 0 Å². The van der Waals surface area contributed by atoms with Crippen LogP contribution in [-0.4, -0.2) is 12.6 Å². The number of nitrogens with one attached hydrogen (secondary N) is 1. The van der Waals surface area contributed by atoms with Crippen molar-refractivity contribution in [2.24, 2.45) is 0 Å². The minimum atomic E-state index is 0.310. The van der Waals surface area contributed by atoms with Gasteiger partial charge in [0.1, 0.15) is 5.75 Å². The van der Waals surface area contributed by atoms with Crippen molar-refractivity contribution >= 4 is 5.69 Å². The van der Waals surface area contributed by atoms with Crippen LogP contribution in [0.25, 0.3) is 0 Å². The average Bonchev–Trinajstić information content (AvgIpc) is 2.27.